The van der Waals surface area contributed by atoms with Gasteiger partial charge in [0, 0.05) is 12.1 Å². The Labute approximate surface area is 120 Å². The van der Waals surface area contributed by atoms with Crippen LogP contribution in [0.15, 0.2) is 34.5 Å². The largest absolute Gasteiger partial charge is 0.479 e. The molecule has 0 heterocycles. The zero-order valence-electron chi connectivity index (χ0n) is 11.6. The van der Waals surface area contributed by atoms with Crippen molar-refractivity contribution in [2.24, 2.45) is 10.2 Å². The first-order chi connectivity index (χ1) is 9.83. The fourth-order valence-electron chi connectivity index (χ4n) is 1.74. The second kappa shape index (κ2) is 6.69. The molecule has 8 heteroatoms. The van der Waals surface area contributed by atoms with Crippen molar-refractivity contribution in [2.45, 2.75) is 32.2 Å². The lowest BCUT2D eigenvalue weighted by atomic mass is 9.91. The number of nitro groups is 1. The van der Waals surface area contributed by atoms with Gasteiger partial charge in [-0.2, -0.15) is 10.2 Å². The number of carboxylic acids is 1. The molecular formula is C13H15N3O5. The number of ketones is 1. The molecule has 0 aliphatic heterocycles. The molecule has 0 aromatic heterocycles. The molecule has 21 heavy (non-hydrogen) atoms. The van der Waals surface area contributed by atoms with Crippen molar-refractivity contribution in [1.29, 1.82) is 0 Å². The lowest BCUT2D eigenvalue weighted by molar-refractivity contribution is -0.384. The van der Waals surface area contributed by atoms with Crippen molar-refractivity contribution in [3.63, 3.8) is 0 Å². The van der Waals surface area contributed by atoms with Gasteiger partial charge in [0.25, 0.3) is 5.69 Å². The molecule has 1 N–H and O–H groups in total. The summed E-state index contributed by atoms with van der Waals surface area (Å²) in [6.45, 7) is 2.89. The highest BCUT2D eigenvalue weighted by atomic mass is 16.6. The van der Waals surface area contributed by atoms with E-state index in [1.54, 1.807) is 6.92 Å². The van der Waals surface area contributed by atoms with Crippen LogP contribution in [-0.2, 0) is 9.59 Å². The van der Waals surface area contributed by atoms with Crippen LogP contribution < -0.4 is 0 Å². The number of Topliss-reactive ketones (excluding diaryl/α,β-unsaturated/α-hetero) is 1. The fourth-order valence-corrected chi connectivity index (χ4v) is 1.74. The Morgan fingerprint density at radius 2 is 1.90 bits per heavy atom. The lowest BCUT2D eigenvalue weighted by Crippen LogP contribution is -2.43. The molecule has 0 radical (unpaired) electrons. The van der Waals surface area contributed by atoms with Gasteiger partial charge in [0.15, 0.2) is 5.78 Å². The Balaban J connectivity index is 3.10. The van der Waals surface area contributed by atoms with Crippen LogP contribution in [0.1, 0.15) is 26.7 Å². The number of nitrogens with zero attached hydrogens (tertiary/aromatic N) is 3. The number of aliphatic carboxylic acids is 1. The maximum Gasteiger partial charge on any atom is 0.341 e. The Hall–Kier alpha value is -2.64. The van der Waals surface area contributed by atoms with Crippen LogP contribution in [0.4, 0.5) is 11.4 Å². The maximum absolute atomic E-state index is 11.6. The highest BCUT2D eigenvalue weighted by Crippen LogP contribution is 2.25. The molecule has 0 bridgehead atoms. The molecule has 0 aliphatic rings. The quantitative estimate of drug-likeness (QED) is 0.358. The normalized spacial score (nSPS) is 13.8. The highest BCUT2D eigenvalue weighted by Gasteiger charge is 2.43. The average molecular weight is 293 g/mol. The van der Waals surface area contributed by atoms with E-state index in [1.165, 1.54) is 24.3 Å². The topological polar surface area (TPSA) is 122 Å². The van der Waals surface area contributed by atoms with Crippen molar-refractivity contribution < 1.29 is 19.6 Å². The predicted octanol–water partition coefficient (Wildman–Crippen LogP) is 2.89. The molecule has 0 aliphatic carbocycles. The molecule has 0 saturated heterocycles. The molecule has 1 aromatic carbocycles. The summed E-state index contributed by atoms with van der Waals surface area (Å²) in [6.07, 6.45) is 0.485. The van der Waals surface area contributed by atoms with Gasteiger partial charge >= 0.3 is 5.97 Å². The Kier molecular flexibility index (Phi) is 5.23. The van der Waals surface area contributed by atoms with Crippen molar-refractivity contribution in [1.82, 2.24) is 0 Å². The summed E-state index contributed by atoms with van der Waals surface area (Å²) in [5.41, 5.74) is -1.78. The first kappa shape index (κ1) is 16.4. The summed E-state index contributed by atoms with van der Waals surface area (Å²) < 4.78 is 0. The number of nitro benzene ring substituents is 1. The van der Waals surface area contributed by atoms with Gasteiger partial charge in [0.2, 0.25) is 5.54 Å². The SMILES string of the molecule is CCCC(N=Nc1ccc([N+](=O)[O-])cc1)(C(C)=O)C(=O)O. The molecule has 112 valence electrons. The first-order valence-electron chi connectivity index (χ1n) is 6.25. The standard InChI is InChI=1S/C13H15N3O5/c1-3-8-13(9(2)17,12(18)19)15-14-10-4-6-11(7-5-10)16(20)21/h4-7H,3,8H2,1-2H3,(H,18,19). The van der Waals surface area contributed by atoms with E-state index in [9.17, 15) is 24.8 Å². The van der Waals surface area contributed by atoms with Gasteiger partial charge in [0.1, 0.15) is 0 Å². The monoisotopic (exact) mass is 293 g/mol. The van der Waals surface area contributed by atoms with Gasteiger partial charge in [-0.25, -0.2) is 4.79 Å². The molecule has 1 atom stereocenters. The molecule has 0 fully saturated rings. The summed E-state index contributed by atoms with van der Waals surface area (Å²) in [7, 11) is 0. The number of hydrogen-bond donors (Lipinski definition) is 1. The van der Waals surface area contributed by atoms with Gasteiger partial charge in [0.05, 0.1) is 10.6 Å². The molecule has 0 spiro atoms. The van der Waals surface area contributed by atoms with E-state index in [4.69, 9.17) is 0 Å². The summed E-state index contributed by atoms with van der Waals surface area (Å²) in [6, 6.07) is 5.12. The van der Waals surface area contributed by atoms with E-state index in [1.807, 2.05) is 0 Å². The summed E-state index contributed by atoms with van der Waals surface area (Å²) in [4.78, 5) is 33.0. The average Bonchev–Trinajstić information content (AvgIpc) is 2.43. The predicted molar refractivity (Wildman–Crippen MR) is 73.6 cm³/mol. The van der Waals surface area contributed by atoms with E-state index in [-0.39, 0.29) is 17.8 Å². The van der Waals surface area contributed by atoms with Crippen molar-refractivity contribution in [3.05, 3.63) is 34.4 Å². The Morgan fingerprint density at radius 3 is 2.29 bits per heavy atom. The zero-order chi connectivity index (χ0) is 16.0. The third kappa shape index (κ3) is 3.68. The number of azo groups is 1. The zero-order valence-corrected chi connectivity index (χ0v) is 11.6. The van der Waals surface area contributed by atoms with Crippen LogP contribution in [-0.4, -0.2) is 27.3 Å². The van der Waals surface area contributed by atoms with Crippen molar-refractivity contribution >= 4 is 23.1 Å². The van der Waals surface area contributed by atoms with E-state index >= 15 is 0 Å². The van der Waals surface area contributed by atoms with Crippen molar-refractivity contribution in [2.75, 3.05) is 0 Å². The van der Waals surface area contributed by atoms with E-state index < -0.39 is 22.2 Å². The van der Waals surface area contributed by atoms with Gasteiger partial charge in [-0.05, 0) is 25.5 Å². The minimum Gasteiger partial charge on any atom is -0.479 e. The minimum absolute atomic E-state index is 0.0359. The number of hydrogen-bond acceptors (Lipinski definition) is 6. The number of carbonyl (C=O) groups excluding carboxylic acids is 1. The van der Waals surface area contributed by atoms with Crippen LogP contribution in [0.2, 0.25) is 0 Å². The molecule has 0 saturated carbocycles. The fraction of sp³-hybridized carbons (Fsp3) is 0.385. The number of benzene rings is 1. The van der Waals surface area contributed by atoms with Crippen LogP contribution in [0, 0.1) is 10.1 Å². The number of carbonyl (C=O) groups is 2. The third-order valence-corrected chi connectivity index (χ3v) is 2.94. The van der Waals surface area contributed by atoms with Gasteiger partial charge in [-0.1, -0.05) is 13.3 Å². The second-order valence-electron chi connectivity index (χ2n) is 4.45. The summed E-state index contributed by atoms with van der Waals surface area (Å²) in [5, 5.41) is 27.2. The molecule has 1 aromatic rings. The summed E-state index contributed by atoms with van der Waals surface area (Å²) >= 11 is 0. The minimum atomic E-state index is -1.91. The maximum atomic E-state index is 11.6. The van der Waals surface area contributed by atoms with Crippen LogP contribution >= 0.6 is 0 Å². The second-order valence-corrected chi connectivity index (χ2v) is 4.45. The summed E-state index contributed by atoms with van der Waals surface area (Å²) in [5.74, 6) is -1.97. The number of rotatable bonds is 7. The number of carboxylic acid groups (broad SMARTS) is 1. The first-order valence-corrected chi connectivity index (χ1v) is 6.25. The molecular weight excluding hydrogens is 278 g/mol. The van der Waals surface area contributed by atoms with E-state index in [2.05, 4.69) is 10.2 Å². The number of non-ortho nitro benzene ring substituents is 1. The lowest BCUT2D eigenvalue weighted by Gasteiger charge is -2.19. The van der Waals surface area contributed by atoms with Crippen molar-refractivity contribution in [3.8, 4) is 0 Å². The van der Waals surface area contributed by atoms with Gasteiger partial charge < -0.3 is 5.11 Å². The van der Waals surface area contributed by atoms with Gasteiger partial charge in [-0.3, -0.25) is 14.9 Å². The van der Waals surface area contributed by atoms with E-state index in [0.29, 0.717) is 6.42 Å². The molecule has 8 nitrogen and oxygen atoms in total. The van der Waals surface area contributed by atoms with Crippen LogP contribution in [0.25, 0.3) is 0 Å². The Morgan fingerprint density at radius 1 is 1.33 bits per heavy atom. The third-order valence-electron chi connectivity index (χ3n) is 2.94. The molecule has 1 rings (SSSR count). The molecule has 0 amide bonds. The van der Waals surface area contributed by atoms with Crippen LogP contribution in [0.3, 0.4) is 0 Å². The Bertz CT molecular complexity index is 566. The van der Waals surface area contributed by atoms with Gasteiger partial charge in [-0.15, -0.1) is 0 Å². The van der Waals surface area contributed by atoms with Crippen LogP contribution in [0.5, 0.6) is 0 Å². The molecule has 1 unspecified atom stereocenters. The van der Waals surface area contributed by atoms with E-state index in [0.717, 1.165) is 6.92 Å². The smallest absolute Gasteiger partial charge is 0.341 e. The highest BCUT2D eigenvalue weighted by molar-refractivity contribution is 6.06.